The maximum Gasteiger partial charge on any atom is 0.227 e. The van der Waals surface area contributed by atoms with Crippen LogP contribution in [0.2, 0.25) is 0 Å². The summed E-state index contributed by atoms with van der Waals surface area (Å²) in [5.41, 5.74) is 0.651. The van der Waals surface area contributed by atoms with Gasteiger partial charge in [0.15, 0.2) is 0 Å². The van der Waals surface area contributed by atoms with Crippen LogP contribution in [0.4, 0.5) is 10.1 Å². The average molecular weight is 318 g/mol. The van der Waals surface area contributed by atoms with E-state index in [1.165, 1.54) is 12.1 Å². The number of hydrogen-bond donors (Lipinski definition) is 1. The molecule has 5 heteroatoms. The Hall–Kier alpha value is -1.91. The Balaban J connectivity index is 1.58. The quantitative estimate of drug-likeness (QED) is 0.931. The third kappa shape index (κ3) is 3.71. The van der Waals surface area contributed by atoms with Crippen molar-refractivity contribution < 1.29 is 14.0 Å². The third-order valence-corrected chi connectivity index (χ3v) is 5.00. The molecule has 1 atom stereocenters. The first kappa shape index (κ1) is 16.0. The molecule has 23 heavy (non-hydrogen) atoms. The van der Waals surface area contributed by atoms with E-state index in [1.54, 1.807) is 17.0 Å². The minimum atomic E-state index is -0.332. The summed E-state index contributed by atoms with van der Waals surface area (Å²) in [6.07, 6.45) is 4.57. The second-order valence-corrected chi connectivity index (χ2v) is 6.85. The Labute approximate surface area is 136 Å². The molecule has 0 aromatic heterocycles. The molecule has 0 bridgehead atoms. The van der Waals surface area contributed by atoms with E-state index in [0.29, 0.717) is 12.2 Å². The lowest BCUT2D eigenvalue weighted by Gasteiger charge is -2.27. The van der Waals surface area contributed by atoms with Crippen molar-refractivity contribution in [3.05, 3.63) is 30.1 Å². The highest BCUT2D eigenvalue weighted by Gasteiger charge is 2.36. The van der Waals surface area contributed by atoms with E-state index >= 15 is 0 Å². The van der Waals surface area contributed by atoms with Gasteiger partial charge in [-0.1, -0.05) is 6.92 Å². The van der Waals surface area contributed by atoms with Crippen LogP contribution in [0.25, 0.3) is 0 Å². The SMILES string of the molecule is CC1CCC(NC(=O)C2CC(=O)N(c3ccc(F)cc3)C2)CC1. The molecular formula is C18H23FN2O2. The van der Waals surface area contributed by atoms with Crippen LogP contribution in [0.15, 0.2) is 24.3 Å². The molecule has 124 valence electrons. The van der Waals surface area contributed by atoms with Gasteiger partial charge in [-0.05, 0) is 55.9 Å². The van der Waals surface area contributed by atoms with Gasteiger partial charge in [0.2, 0.25) is 11.8 Å². The molecule has 4 nitrogen and oxygen atoms in total. The Morgan fingerprint density at radius 2 is 1.83 bits per heavy atom. The van der Waals surface area contributed by atoms with Crippen LogP contribution in [0.1, 0.15) is 39.0 Å². The number of carbonyl (C=O) groups is 2. The van der Waals surface area contributed by atoms with Crippen LogP contribution in [0.3, 0.4) is 0 Å². The maximum absolute atomic E-state index is 13.0. The average Bonchev–Trinajstić information content (AvgIpc) is 2.92. The molecule has 2 aliphatic rings. The van der Waals surface area contributed by atoms with Crippen molar-refractivity contribution in [2.24, 2.45) is 11.8 Å². The number of benzene rings is 1. The molecule has 1 aromatic rings. The van der Waals surface area contributed by atoms with Gasteiger partial charge in [-0.15, -0.1) is 0 Å². The first-order valence-corrected chi connectivity index (χ1v) is 8.39. The minimum absolute atomic E-state index is 0.0254. The minimum Gasteiger partial charge on any atom is -0.353 e. The summed E-state index contributed by atoms with van der Waals surface area (Å²) in [4.78, 5) is 26.2. The molecule has 1 unspecified atom stereocenters. The lowest BCUT2D eigenvalue weighted by Crippen LogP contribution is -2.41. The number of amides is 2. The van der Waals surface area contributed by atoms with Gasteiger partial charge in [-0.3, -0.25) is 9.59 Å². The number of halogens is 1. The van der Waals surface area contributed by atoms with E-state index in [-0.39, 0.29) is 36.0 Å². The van der Waals surface area contributed by atoms with Crippen LogP contribution in [0, 0.1) is 17.7 Å². The van der Waals surface area contributed by atoms with E-state index < -0.39 is 0 Å². The van der Waals surface area contributed by atoms with Crippen molar-refractivity contribution in [3.8, 4) is 0 Å². The van der Waals surface area contributed by atoms with Crippen LogP contribution in [-0.2, 0) is 9.59 Å². The Morgan fingerprint density at radius 3 is 2.48 bits per heavy atom. The molecule has 1 saturated heterocycles. The van der Waals surface area contributed by atoms with Gasteiger partial charge < -0.3 is 10.2 Å². The molecular weight excluding hydrogens is 295 g/mol. The van der Waals surface area contributed by atoms with Crippen LogP contribution < -0.4 is 10.2 Å². The number of anilines is 1. The number of hydrogen-bond acceptors (Lipinski definition) is 2. The van der Waals surface area contributed by atoms with E-state index in [0.717, 1.165) is 31.6 Å². The van der Waals surface area contributed by atoms with E-state index in [1.807, 2.05) is 0 Å². The summed E-state index contributed by atoms with van der Waals surface area (Å²) in [6, 6.07) is 6.07. The molecule has 1 N–H and O–H groups in total. The zero-order valence-electron chi connectivity index (χ0n) is 13.4. The van der Waals surface area contributed by atoms with Crippen molar-refractivity contribution in [2.45, 2.75) is 45.1 Å². The van der Waals surface area contributed by atoms with Gasteiger partial charge in [0.25, 0.3) is 0 Å². The summed E-state index contributed by atoms with van der Waals surface area (Å²) in [7, 11) is 0. The van der Waals surface area contributed by atoms with Crippen molar-refractivity contribution in [3.63, 3.8) is 0 Å². The number of carbonyl (C=O) groups excluding carboxylic acids is 2. The van der Waals surface area contributed by atoms with Crippen LogP contribution in [0.5, 0.6) is 0 Å². The molecule has 1 aromatic carbocycles. The highest BCUT2D eigenvalue weighted by Crippen LogP contribution is 2.27. The predicted octanol–water partition coefficient (Wildman–Crippen LogP) is 2.87. The monoisotopic (exact) mass is 318 g/mol. The van der Waals surface area contributed by atoms with Crippen molar-refractivity contribution in [1.29, 1.82) is 0 Å². The van der Waals surface area contributed by atoms with Crippen molar-refractivity contribution in [1.82, 2.24) is 5.32 Å². The Bertz CT molecular complexity index is 579. The fourth-order valence-corrected chi connectivity index (χ4v) is 3.48. The zero-order chi connectivity index (χ0) is 16.4. The molecule has 3 rings (SSSR count). The predicted molar refractivity (Wildman–Crippen MR) is 86.4 cm³/mol. The number of nitrogens with one attached hydrogen (secondary N) is 1. The van der Waals surface area contributed by atoms with Crippen LogP contribution in [-0.4, -0.2) is 24.4 Å². The molecule has 0 spiro atoms. The van der Waals surface area contributed by atoms with Gasteiger partial charge in [-0.2, -0.15) is 0 Å². The molecule has 1 saturated carbocycles. The topological polar surface area (TPSA) is 49.4 Å². The standard InChI is InChI=1S/C18H23FN2O2/c1-12-2-6-15(7-3-12)20-18(23)13-10-17(22)21(11-13)16-8-4-14(19)5-9-16/h4-5,8-9,12-13,15H,2-3,6-7,10-11H2,1H3,(H,20,23). The first-order chi connectivity index (χ1) is 11.0. The molecule has 0 radical (unpaired) electrons. The Kier molecular flexibility index (Phi) is 4.64. The summed E-state index contributed by atoms with van der Waals surface area (Å²) in [5, 5.41) is 3.11. The molecule has 1 aliphatic carbocycles. The van der Waals surface area contributed by atoms with Gasteiger partial charge in [0, 0.05) is 24.7 Å². The fourth-order valence-electron chi connectivity index (χ4n) is 3.48. The summed E-state index contributed by atoms with van der Waals surface area (Å²) in [5.74, 6) is -0.00478. The smallest absolute Gasteiger partial charge is 0.227 e. The third-order valence-electron chi connectivity index (χ3n) is 5.00. The Morgan fingerprint density at radius 1 is 1.17 bits per heavy atom. The van der Waals surface area contributed by atoms with Gasteiger partial charge >= 0.3 is 0 Å². The van der Waals surface area contributed by atoms with Gasteiger partial charge in [0.1, 0.15) is 5.82 Å². The summed E-state index contributed by atoms with van der Waals surface area (Å²) in [6.45, 7) is 2.62. The molecule has 2 fully saturated rings. The molecule has 2 amide bonds. The fraction of sp³-hybridized carbons (Fsp3) is 0.556. The maximum atomic E-state index is 13.0. The van der Waals surface area contributed by atoms with E-state index in [4.69, 9.17) is 0 Å². The van der Waals surface area contributed by atoms with E-state index in [9.17, 15) is 14.0 Å². The normalized spacial score (nSPS) is 28.0. The summed E-state index contributed by atoms with van der Waals surface area (Å²) < 4.78 is 13.0. The highest BCUT2D eigenvalue weighted by atomic mass is 19.1. The first-order valence-electron chi connectivity index (χ1n) is 8.39. The van der Waals surface area contributed by atoms with E-state index in [2.05, 4.69) is 12.2 Å². The van der Waals surface area contributed by atoms with Gasteiger partial charge in [-0.25, -0.2) is 4.39 Å². The second kappa shape index (κ2) is 6.69. The van der Waals surface area contributed by atoms with Crippen molar-refractivity contribution >= 4 is 17.5 Å². The highest BCUT2D eigenvalue weighted by molar-refractivity contribution is 6.00. The van der Waals surface area contributed by atoms with Crippen molar-refractivity contribution in [2.75, 3.05) is 11.4 Å². The van der Waals surface area contributed by atoms with Crippen LogP contribution >= 0.6 is 0 Å². The largest absolute Gasteiger partial charge is 0.353 e. The number of rotatable bonds is 3. The van der Waals surface area contributed by atoms with Gasteiger partial charge in [0.05, 0.1) is 5.92 Å². The lowest BCUT2D eigenvalue weighted by molar-refractivity contribution is -0.127. The zero-order valence-corrected chi connectivity index (χ0v) is 13.4. The molecule has 1 aliphatic heterocycles. The lowest BCUT2D eigenvalue weighted by atomic mass is 9.87. The second-order valence-electron chi connectivity index (χ2n) is 6.85. The number of nitrogens with zero attached hydrogens (tertiary/aromatic N) is 1. The molecule has 1 heterocycles. The summed E-state index contributed by atoms with van der Waals surface area (Å²) >= 11 is 0.